The number of carbonyl (C=O) groups excluding carboxylic acids is 3. The first-order chi connectivity index (χ1) is 19.8. The van der Waals surface area contributed by atoms with Crippen molar-refractivity contribution in [2.45, 2.75) is 45.0 Å². The number of rotatable bonds is 13. The van der Waals surface area contributed by atoms with Crippen LogP contribution in [0.4, 0.5) is 13.2 Å². The highest BCUT2D eigenvalue weighted by atomic mass is 35.5. The summed E-state index contributed by atoms with van der Waals surface area (Å²) in [6.07, 6.45) is -5.60. The Bertz CT molecular complexity index is 1370. The molecule has 0 aliphatic carbocycles. The Hall–Kier alpha value is -3.63. The standard InChI is InChI=1S/C30H29Cl2F3N2O5/c1-17(2)24(28(39)30(33,34)35)16-25(38)27(18-7-9-22(41-3)10-8-18)37-29(40)26(15-21-6-4-5-11-36-21)42-23-13-19(31)12-20(32)14-23/h4-14,17,24,26-27H,15-16H2,1-3H3,(H,37,40)/t24-,26+,27-/m0/s1. The van der Waals surface area contributed by atoms with Crippen molar-refractivity contribution >= 4 is 40.7 Å². The van der Waals surface area contributed by atoms with Gasteiger partial charge in [0, 0.05) is 40.7 Å². The summed E-state index contributed by atoms with van der Waals surface area (Å²) in [4.78, 5) is 43.6. The van der Waals surface area contributed by atoms with Crippen LogP contribution in [0.2, 0.25) is 10.0 Å². The number of carbonyl (C=O) groups is 3. The van der Waals surface area contributed by atoms with Crippen LogP contribution in [-0.2, 0) is 20.8 Å². The second kappa shape index (κ2) is 14.5. The van der Waals surface area contributed by atoms with E-state index < -0.39 is 54.1 Å². The largest absolute Gasteiger partial charge is 0.497 e. The summed E-state index contributed by atoms with van der Waals surface area (Å²) in [5.41, 5.74) is 0.771. The number of alkyl halides is 3. The second-order valence-electron chi connectivity index (χ2n) is 9.83. The fraction of sp³-hybridized carbons (Fsp3) is 0.333. The lowest BCUT2D eigenvalue weighted by atomic mass is 9.84. The Kier molecular flexibility index (Phi) is 11.4. The van der Waals surface area contributed by atoms with Crippen molar-refractivity contribution in [1.82, 2.24) is 10.3 Å². The number of hydrogen-bond donors (Lipinski definition) is 1. The first-order valence-corrected chi connectivity index (χ1v) is 13.6. The highest BCUT2D eigenvalue weighted by Crippen LogP contribution is 2.31. The normalized spacial score (nSPS) is 13.6. The number of nitrogens with one attached hydrogen (secondary N) is 1. The van der Waals surface area contributed by atoms with E-state index in [-0.39, 0.29) is 27.8 Å². The van der Waals surface area contributed by atoms with E-state index in [1.54, 1.807) is 30.3 Å². The number of methoxy groups -OCH3 is 1. The maximum atomic E-state index is 13.7. The zero-order valence-electron chi connectivity index (χ0n) is 23.0. The summed E-state index contributed by atoms with van der Waals surface area (Å²) in [6, 6.07) is 14.2. The van der Waals surface area contributed by atoms with Gasteiger partial charge in [-0.05, 0) is 53.9 Å². The fourth-order valence-electron chi connectivity index (χ4n) is 4.21. The van der Waals surface area contributed by atoms with Gasteiger partial charge in [0.25, 0.3) is 5.91 Å². The molecule has 0 fully saturated rings. The first kappa shape index (κ1) is 32.9. The highest BCUT2D eigenvalue weighted by Gasteiger charge is 2.45. The van der Waals surface area contributed by atoms with Gasteiger partial charge in [0.15, 0.2) is 11.9 Å². The third-order valence-corrected chi connectivity index (χ3v) is 6.86. The molecule has 1 amide bonds. The highest BCUT2D eigenvalue weighted by molar-refractivity contribution is 6.34. The van der Waals surface area contributed by atoms with Crippen LogP contribution in [0.1, 0.15) is 37.6 Å². The molecule has 0 aliphatic rings. The number of Topliss-reactive ketones (excluding diaryl/α,β-unsaturated/α-hetero) is 2. The van der Waals surface area contributed by atoms with Crippen LogP contribution in [0.5, 0.6) is 11.5 Å². The van der Waals surface area contributed by atoms with Gasteiger partial charge in [-0.15, -0.1) is 0 Å². The van der Waals surface area contributed by atoms with E-state index in [0.717, 1.165) is 0 Å². The molecule has 42 heavy (non-hydrogen) atoms. The first-order valence-electron chi connectivity index (χ1n) is 12.9. The van der Waals surface area contributed by atoms with Crippen molar-refractivity contribution in [2.24, 2.45) is 11.8 Å². The zero-order valence-corrected chi connectivity index (χ0v) is 24.5. The molecular weight excluding hydrogens is 596 g/mol. The van der Waals surface area contributed by atoms with E-state index in [0.29, 0.717) is 11.4 Å². The number of amides is 1. The second-order valence-corrected chi connectivity index (χ2v) is 10.7. The van der Waals surface area contributed by atoms with Gasteiger partial charge < -0.3 is 14.8 Å². The Morgan fingerprint density at radius 1 is 0.952 bits per heavy atom. The minimum Gasteiger partial charge on any atom is -0.497 e. The molecule has 1 N–H and O–H groups in total. The van der Waals surface area contributed by atoms with Crippen LogP contribution in [0, 0.1) is 11.8 Å². The van der Waals surface area contributed by atoms with Gasteiger partial charge in [0.1, 0.15) is 17.5 Å². The summed E-state index contributed by atoms with van der Waals surface area (Å²) in [7, 11) is 1.44. The Morgan fingerprint density at radius 3 is 2.12 bits per heavy atom. The van der Waals surface area contributed by atoms with Crippen molar-refractivity contribution in [3.63, 3.8) is 0 Å². The minimum absolute atomic E-state index is 0.0263. The smallest absolute Gasteiger partial charge is 0.450 e. The predicted octanol–water partition coefficient (Wildman–Crippen LogP) is 6.61. The summed E-state index contributed by atoms with van der Waals surface area (Å²) >= 11 is 12.2. The number of nitrogens with zero attached hydrogens (tertiary/aromatic N) is 1. The van der Waals surface area contributed by atoms with Gasteiger partial charge in [-0.2, -0.15) is 13.2 Å². The molecule has 0 saturated heterocycles. The van der Waals surface area contributed by atoms with Crippen molar-refractivity contribution < 1.29 is 37.0 Å². The monoisotopic (exact) mass is 624 g/mol. The van der Waals surface area contributed by atoms with Gasteiger partial charge in [-0.3, -0.25) is 19.4 Å². The van der Waals surface area contributed by atoms with E-state index in [2.05, 4.69) is 10.3 Å². The van der Waals surface area contributed by atoms with Crippen molar-refractivity contribution in [1.29, 1.82) is 0 Å². The van der Waals surface area contributed by atoms with Gasteiger partial charge in [0.05, 0.1) is 7.11 Å². The van der Waals surface area contributed by atoms with Gasteiger partial charge in [0.2, 0.25) is 5.78 Å². The number of ketones is 2. The van der Waals surface area contributed by atoms with Crippen molar-refractivity contribution in [3.05, 3.63) is 88.2 Å². The van der Waals surface area contributed by atoms with Crippen LogP contribution in [0.15, 0.2) is 66.9 Å². The summed E-state index contributed by atoms with van der Waals surface area (Å²) in [5.74, 6) is -5.34. The summed E-state index contributed by atoms with van der Waals surface area (Å²) in [5, 5.41) is 3.14. The van der Waals surface area contributed by atoms with Crippen LogP contribution in [0.3, 0.4) is 0 Å². The Labute approximate surface area is 251 Å². The molecule has 0 aliphatic heterocycles. The molecule has 12 heteroatoms. The van der Waals surface area contributed by atoms with Gasteiger partial charge >= 0.3 is 6.18 Å². The molecule has 3 rings (SSSR count). The van der Waals surface area contributed by atoms with Crippen molar-refractivity contribution in [2.75, 3.05) is 7.11 Å². The molecule has 1 heterocycles. The Balaban J connectivity index is 1.96. The maximum absolute atomic E-state index is 13.7. The third-order valence-electron chi connectivity index (χ3n) is 6.43. The molecule has 0 spiro atoms. The summed E-state index contributed by atoms with van der Waals surface area (Å²) < 4.78 is 51.1. The Morgan fingerprint density at radius 2 is 1.60 bits per heavy atom. The molecule has 224 valence electrons. The molecule has 2 aromatic carbocycles. The lowest BCUT2D eigenvalue weighted by molar-refractivity contribution is -0.177. The number of pyridine rings is 1. The number of benzene rings is 2. The molecular formula is C30H29Cl2F3N2O5. The average molecular weight is 625 g/mol. The molecule has 0 radical (unpaired) electrons. The van der Waals surface area contributed by atoms with E-state index in [1.165, 1.54) is 57.5 Å². The number of ether oxygens (including phenoxy) is 2. The molecule has 0 unspecified atom stereocenters. The maximum Gasteiger partial charge on any atom is 0.450 e. The lowest BCUT2D eigenvalue weighted by Crippen LogP contribution is -2.45. The fourth-order valence-corrected chi connectivity index (χ4v) is 4.72. The van der Waals surface area contributed by atoms with Gasteiger partial charge in [-0.1, -0.05) is 55.2 Å². The quantitative estimate of drug-likeness (QED) is 0.230. The lowest BCUT2D eigenvalue weighted by Gasteiger charge is -2.26. The van der Waals surface area contributed by atoms with E-state index >= 15 is 0 Å². The van der Waals surface area contributed by atoms with E-state index in [9.17, 15) is 27.6 Å². The average Bonchev–Trinajstić information content (AvgIpc) is 2.93. The number of aromatic nitrogens is 1. The van der Waals surface area contributed by atoms with Crippen LogP contribution in [-0.4, -0.2) is 41.8 Å². The van der Waals surface area contributed by atoms with Crippen LogP contribution < -0.4 is 14.8 Å². The predicted molar refractivity (Wildman–Crippen MR) is 152 cm³/mol. The van der Waals surface area contributed by atoms with Crippen molar-refractivity contribution in [3.8, 4) is 11.5 Å². The molecule has 1 aromatic heterocycles. The van der Waals surface area contributed by atoms with E-state index in [4.69, 9.17) is 32.7 Å². The minimum atomic E-state index is -5.12. The van der Waals surface area contributed by atoms with Gasteiger partial charge in [-0.25, -0.2) is 0 Å². The summed E-state index contributed by atoms with van der Waals surface area (Å²) in [6.45, 7) is 2.85. The third kappa shape index (κ3) is 9.19. The van der Waals surface area contributed by atoms with E-state index in [1.807, 2.05) is 0 Å². The molecule has 7 nitrogen and oxygen atoms in total. The zero-order chi connectivity index (χ0) is 31.0. The number of hydrogen-bond acceptors (Lipinski definition) is 6. The SMILES string of the molecule is COc1ccc([C@H](NC(=O)[C@@H](Cc2ccccn2)Oc2cc(Cl)cc(Cl)c2)C(=O)C[C@H](C(=O)C(F)(F)F)C(C)C)cc1. The van der Waals surface area contributed by atoms with Crippen LogP contribution in [0.25, 0.3) is 0 Å². The molecule has 0 bridgehead atoms. The molecule has 0 saturated carbocycles. The molecule has 3 aromatic rings. The van der Waals surface area contributed by atoms with Crippen LogP contribution >= 0.6 is 23.2 Å². The number of halogens is 5. The topological polar surface area (TPSA) is 94.6 Å². The molecule has 3 atom stereocenters.